The number of aliphatic imine (C=N–C) groups is 1. The Hall–Kier alpha value is -6.07. The van der Waals surface area contributed by atoms with Crippen molar-refractivity contribution in [2.45, 2.75) is 143 Å². The molecule has 0 spiro atoms. The maximum atomic E-state index is 14.0. The van der Waals surface area contributed by atoms with Gasteiger partial charge in [0.25, 0.3) is 0 Å². The van der Waals surface area contributed by atoms with Gasteiger partial charge in [-0.2, -0.15) is 0 Å². The smallest absolute Gasteiger partial charge is 0.245 e. The summed E-state index contributed by atoms with van der Waals surface area (Å²) in [5.74, 6) is -7.51. The summed E-state index contributed by atoms with van der Waals surface area (Å²) in [6.07, 6.45) is 0.880. The van der Waals surface area contributed by atoms with Gasteiger partial charge in [-0.1, -0.05) is 47.5 Å². The van der Waals surface area contributed by atoms with Gasteiger partial charge in [0.05, 0.1) is 25.7 Å². The van der Waals surface area contributed by atoms with Crippen LogP contribution in [-0.2, 0) is 47.9 Å². The highest BCUT2D eigenvalue weighted by Crippen LogP contribution is 2.20. The van der Waals surface area contributed by atoms with E-state index in [1.807, 2.05) is 0 Å². The van der Waals surface area contributed by atoms with Gasteiger partial charge in [-0.3, -0.25) is 52.9 Å². The summed E-state index contributed by atoms with van der Waals surface area (Å²) in [6, 6.07) is -6.97. The van der Waals surface area contributed by atoms with Crippen LogP contribution in [0, 0.1) is 11.8 Å². The number of hydrogen-bond donors (Lipinski definition) is 11. The normalized spacial score (nSPS) is 16.4. The van der Waals surface area contributed by atoms with E-state index in [0.717, 1.165) is 4.90 Å². The molecule has 13 N–H and O–H groups in total. The molecule has 0 radical (unpaired) electrons. The maximum Gasteiger partial charge on any atom is 0.245 e. The van der Waals surface area contributed by atoms with Gasteiger partial charge in [-0.25, -0.2) is 0 Å². The molecule has 1 heterocycles. The Labute approximate surface area is 387 Å². The molecule has 24 nitrogen and oxygen atoms in total. The lowest BCUT2D eigenvalue weighted by molar-refractivity contribution is -0.142. The first-order valence-electron chi connectivity index (χ1n) is 22.6. The zero-order valence-electron chi connectivity index (χ0n) is 39.9. The van der Waals surface area contributed by atoms with Crippen molar-refractivity contribution in [2.24, 2.45) is 28.3 Å². The molecule has 1 rings (SSSR count). The third-order valence-corrected chi connectivity index (χ3v) is 10.9. The third kappa shape index (κ3) is 20.0. The highest BCUT2D eigenvalue weighted by atomic mass is 16.3. The van der Waals surface area contributed by atoms with Crippen LogP contribution in [-0.4, -0.2) is 169 Å². The van der Waals surface area contributed by atoms with E-state index in [2.05, 4.69) is 47.5 Å². The fraction of sp³-hybridized carbons (Fsp3) is 0.738. The Morgan fingerprint density at radius 3 is 1.86 bits per heavy atom. The number of hydrogen-bond acceptors (Lipinski definition) is 12. The Balaban J connectivity index is 3.10. The number of nitrogens with zero attached hydrogens (tertiary/aromatic N) is 3. The Morgan fingerprint density at radius 2 is 1.32 bits per heavy atom. The number of nitrogens with two attached hydrogens (primary N) is 2. The van der Waals surface area contributed by atoms with Gasteiger partial charge in [0, 0.05) is 33.6 Å². The summed E-state index contributed by atoms with van der Waals surface area (Å²) < 4.78 is 0. The average Bonchev–Trinajstić information content (AvgIpc) is 3.75. The Morgan fingerprint density at radius 1 is 0.727 bits per heavy atom. The van der Waals surface area contributed by atoms with E-state index in [1.54, 1.807) is 41.5 Å². The minimum Gasteiger partial charge on any atom is -0.391 e. The SMILES string of the molecule is CCC[C@H](NC(=O)[C@@H](NC(=O)CNC(=O)[C@@H](NC(=O)CNC(=O)CN(C)C(C)=O)C(C)C)[C@@H](C)O)C(=O)N[C@H](C(=O)N[C@@H](CCCN=C(N)N)C(=O)N1CCC[C@H]1C(=O)NCC)[C@@H](C)CC. The average molecular weight is 938 g/mol. The zero-order chi connectivity index (χ0) is 50.3. The predicted octanol–water partition coefficient (Wildman–Crippen LogP) is -3.82. The molecule has 66 heavy (non-hydrogen) atoms. The van der Waals surface area contributed by atoms with Crippen LogP contribution < -0.4 is 54.0 Å². The van der Waals surface area contributed by atoms with E-state index >= 15 is 0 Å². The molecule has 0 aromatic carbocycles. The molecule has 374 valence electrons. The van der Waals surface area contributed by atoms with Gasteiger partial charge in [0.15, 0.2) is 5.96 Å². The van der Waals surface area contributed by atoms with Gasteiger partial charge in [0.1, 0.15) is 36.3 Å². The van der Waals surface area contributed by atoms with Crippen molar-refractivity contribution >= 4 is 65.0 Å². The lowest BCUT2D eigenvalue weighted by Gasteiger charge is -2.31. The number of aliphatic hydroxyl groups excluding tert-OH is 1. The van der Waals surface area contributed by atoms with Crippen LogP contribution in [0.1, 0.15) is 100 Å². The quantitative estimate of drug-likeness (QED) is 0.0204. The minimum atomic E-state index is -1.60. The maximum absolute atomic E-state index is 14.0. The fourth-order valence-electron chi connectivity index (χ4n) is 6.82. The zero-order valence-corrected chi connectivity index (χ0v) is 39.9. The lowest BCUT2D eigenvalue weighted by Crippen LogP contribution is -2.61. The van der Waals surface area contributed by atoms with Crippen LogP contribution in [0.25, 0.3) is 0 Å². The van der Waals surface area contributed by atoms with Crippen molar-refractivity contribution in [1.29, 1.82) is 0 Å². The van der Waals surface area contributed by atoms with Crippen molar-refractivity contribution in [3.63, 3.8) is 0 Å². The Bertz CT molecular complexity index is 1720. The molecule has 8 atom stereocenters. The molecule has 1 aliphatic heterocycles. The number of aliphatic hydroxyl groups is 1. The monoisotopic (exact) mass is 938 g/mol. The van der Waals surface area contributed by atoms with Gasteiger partial charge in [0.2, 0.25) is 59.1 Å². The van der Waals surface area contributed by atoms with Gasteiger partial charge in [-0.15, -0.1) is 0 Å². The third-order valence-electron chi connectivity index (χ3n) is 10.9. The first-order valence-corrected chi connectivity index (χ1v) is 22.6. The molecule has 24 heteroatoms. The summed E-state index contributed by atoms with van der Waals surface area (Å²) in [5, 5.41) is 30.9. The summed E-state index contributed by atoms with van der Waals surface area (Å²) >= 11 is 0. The lowest BCUT2D eigenvalue weighted by atomic mass is 9.96. The van der Waals surface area contributed by atoms with E-state index in [1.165, 1.54) is 25.8 Å². The standard InChI is InChI=1S/C42H75N13O11/c1-10-15-27(49-40(65)35(25(7)56)52-31(59)21-48-38(63)33(23(4)5)51-30(58)20-47-32(60)22-54(9)26(8)57)36(61)53-34(24(6)11-2)39(64)50-28(16-13-18-46-42(43)44)41(66)55-19-14-17-29(55)37(62)45-12-3/h23-25,27-29,33-35,56H,10-22H2,1-9H3,(H,45,62)(H,47,60)(H,48,63)(H,49,65)(H,50,64)(H,51,58)(H,52,59)(H,53,61)(H4,43,44,46)/t24-,25+,27-,28-,29-,33-,34-,35-/m0/s1. The summed E-state index contributed by atoms with van der Waals surface area (Å²) in [7, 11) is 1.41. The highest BCUT2D eigenvalue weighted by Gasteiger charge is 2.39. The van der Waals surface area contributed by atoms with Crippen LogP contribution in [0.5, 0.6) is 0 Å². The predicted molar refractivity (Wildman–Crippen MR) is 243 cm³/mol. The van der Waals surface area contributed by atoms with Crippen LogP contribution in [0.2, 0.25) is 0 Å². The molecule has 10 amide bonds. The largest absolute Gasteiger partial charge is 0.391 e. The van der Waals surface area contributed by atoms with Crippen LogP contribution in [0.15, 0.2) is 4.99 Å². The molecular weight excluding hydrogens is 863 g/mol. The molecule has 0 aliphatic carbocycles. The van der Waals surface area contributed by atoms with Crippen LogP contribution in [0.4, 0.5) is 0 Å². The number of likely N-dealkylation sites (N-methyl/N-ethyl adjacent to an activating group) is 2. The first-order chi connectivity index (χ1) is 31.0. The van der Waals surface area contributed by atoms with E-state index in [9.17, 15) is 53.1 Å². The number of carbonyl (C=O) groups excluding carboxylic acids is 10. The second kappa shape index (κ2) is 29.5. The van der Waals surface area contributed by atoms with E-state index in [0.29, 0.717) is 45.2 Å². The molecule has 1 fully saturated rings. The second-order valence-electron chi connectivity index (χ2n) is 16.8. The highest BCUT2D eigenvalue weighted by molar-refractivity contribution is 5.97. The summed E-state index contributed by atoms with van der Waals surface area (Å²) in [4.78, 5) is 137. The molecule has 0 aromatic heterocycles. The summed E-state index contributed by atoms with van der Waals surface area (Å²) in [5.41, 5.74) is 10.9. The van der Waals surface area contributed by atoms with E-state index in [-0.39, 0.29) is 43.7 Å². The molecule has 1 saturated heterocycles. The summed E-state index contributed by atoms with van der Waals surface area (Å²) in [6.45, 7) is 12.3. The number of nitrogens with one attached hydrogen (secondary N) is 8. The number of rotatable bonds is 28. The molecule has 0 saturated carbocycles. The second-order valence-corrected chi connectivity index (χ2v) is 16.8. The minimum absolute atomic E-state index is 0.0898. The van der Waals surface area contributed by atoms with Crippen LogP contribution >= 0.6 is 0 Å². The first kappa shape index (κ1) is 57.9. The van der Waals surface area contributed by atoms with Crippen molar-refractivity contribution in [3.05, 3.63) is 0 Å². The van der Waals surface area contributed by atoms with Crippen molar-refractivity contribution < 1.29 is 53.1 Å². The van der Waals surface area contributed by atoms with Gasteiger partial charge < -0.3 is 68.9 Å². The molecule has 0 aromatic rings. The van der Waals surface area contributed by atoms with Crippen molar-refractivity contribution in [1.82, 2.24) is 52.3 Å². The Kier molecular flexibility index (Phi) is 25.9. The van der Waals surface area contributed by atoms with E-state index in [4.69, 9.17) is 11.5 Å². The van der Waals surface area contributed by atoms with Crippen molar-refractivity contribution in [3.8, 4) is 0 Å². The number of guanidine groups is 1. The molecular formula is C42H75N13O11. The van der Waals surface area contributed by atoms with Gasteiger partial charge >= 0.3 is 0 Å². The van der Waals surface area contributed by atoms with Crippen molar-refractivity contribution in [2.75, 3.05) is 46.3 Å². The fourth-order valence-corrected chi connectivity index (χ4v) is 6.82. The number of amides is 10. The van der Waals surface area contributed by atoms with E-state index < -0.39 is 115 Å². The number of likely N-dealkylation sites (tertiary alicyclic amines) is 1. The molecule has 0 bridgehead atoms. The van der Waals surface area contributed by atoms with Gasteiger partial charge in [-0.05, 0) is 57.8 Å². The van der Waals surface area contributed by atoms with Crippen LogP contribution in [0.3, 0.4) is 0 Å². The molecule has 1 aliphatic rings. The topological polar surface area (TPSA) is 358 Å². The molecule has 0 unspecified atom stereocenters. The number of carbonyl (C=O) groups is 10.